The number of carbonyl (C=O) groups excluding carboxylic acids is 1. The van der Waals surface area contributed by atoms with Crippen molar-refractivity contribution in [2.75, 3.05) is 0 Å². The second kappa shape index (κ2) is 8.36. The number of nitrogens with one attached hydrogen (secondary N) is 1. The van der Waals surface area contributed by atoms with Crippen molar-refractivity contribution in [3.8, 4) is 0 Å². The summed E-state index contributed by atoms with van der Waals surface area (Å²) in [5.74, 6) is -0.0557. The molecule has 0 bridgehead atoms. The van der Waals surface area contributed by atoms with E-state index in [4.69, 9.17) is 5.73 Å². The summed E-state index contributed by atoms with van der Waals surface area (Å²) in [6, 6.07) is 6.35. The number of nitrogens with two attached hydrogens (primary N) is 1. The van der Waals surface area contributed by atoms with E-state index in [2.05, 4.69) is 5.32 Å². The van der Waals surface area contributed by atoms with Gasteiger partial charge in [-0.15, -0.1) is 0 Å². The molecule has 116 valence electrons. The molecule has 0 aliphatic heterocycles. The Kier molecular flexibility index (Phi) is 6.81. The van der Waals surface area contributed by atoms with Crippen LogP contribution in [0.25, 0.3) is 0 Å². The number of nitro benzene ring substituents is 1. The topological polar surface area (TPSA) is 98.3 Å². The highest BCUT2D eigenvalue weighted by Gasteiger charge is 2.12. The summed E-state index contributed by atoms with van der Waals surface area (Å²) in [7, 11) is 0. The minimum Gasteiger partial charge on any atom is -0.352 e. The maximum atomic E-state index is 11.9. The SMILES string of the molecule is CC(N)CCCC(C)C(=O)NCc1ccc([N+](=O)[O-])cc1. The molecule has 2 atom stereocenters. The molecule has 0 spiro atoms. The van der Waals surface area contributed by atoms with Crippen LogP contribution in [0.2, 0.25) is 0 Å². The Morgan fingerprint density at radius 3 is 2.43 bits per heavy atom. The lowest BCUT2D eigenvalue weighted by Gasteiger charge is -2.13. The lowest BCUT2D eigenvalue weighted by Crippen LogP contribution is -2.29. The number of non-ortho nitro benzene ring substituents is 1. The molecule has 21 heavy (non-hydrogen) atoms. The monoisotopic (exact) mass is 293 g/mol. The average molecular weight is 293 g/mol. The molecule has 0 fully saturated rings. The highest BCUT2D eigenvalue weighted by Crippen LogP contribution is 2.13. The summed E-state index contributed by atoms with van der Waals surface area (Å²) < 4.78 is 0. The van der Waals surface area contributed by atoms with Gasteiger partial charge in [0.15, 0.2) is 0 Å². The van der Waals surface area contributed by atoms with Gasteiger partial charge in [0.25, 0.3) is 5.69 Å². The minimum atomic E-state index is -0.442. The molecule has 0 radical (unpaired) electrons. The molecule has 1 aromatic rings. The lowest BCUT2D eigenvalue weighted by molar-refractivity contribution is -0.384. The number of hydrogen-bond acceptors (Lipinski definition) is 4. The van der Waals surface area contributed by atoms with E-state index in [1.165, 1.54) is 12.1 Å². The van der Waals surface area contributed by atoms with Crippen molar-refractivity contribution in [3.63, 3.8) is 0 Å². The van der Waals surface area contributed by atoms with Crippen LogP contribution in [0.5, 0.6) is 0 Å². The predicted molar refractivity (Wildman–Crippen MR) is 81.6 cm³/mol. The first-order valence-corrected chi connectivity index (χ1v) is 7.16. The van der Waals surface area contributed by atoms with Crippen molar-refractivity contribution < 1.29 is 9.72 Å². The first kappa shape index (κ1) is 17.1. The third kappa shape index (κ3) is 6.35. The van der Waals surface area contributed by atoms with E-state index in [-0.39, 0.29) is 23.6 Å². The van der Waals surface area contributed by atoms with Crippen LogP contribution in [0.3, 0.4) is 0 Å². The summed E-state index contributed by atoms with van der Waals surface area (Å²) in [6.45, 7) is 4.24. The molecule has 6 heteroatoms. The maximum absolute atomic E-state index is 11.9. The van der Waals surface area contributed by atoms with E-state index < -0.39 is 4.92 Å². The standard InChI is InChI=1S/C15H23N3O3/c1-11(4-3-5-12(2)16)15(19)17-10-13-6-8-14(9-7-13)18(20)21/h6-9,11-12H,3-5,10,16H2,1-2H3,(H,17,19). The number of rotatable bonds is 8. The molecule has 3 N–H and O–H groups in total. The Morgan fingerprint density at radius 1 is 1.29 bits per heavy atom. The fourth-order valence-electron chi connectivity index (χ4n) is 1.98. The average Bonchev–Trinajstić information content (AvgIpc) is 2.44. The summed E-state index contributed by atoms with van der Waals surface area (Å²) in [4.78, 5) is 22.0. The van der Waals surface area contributed by atoms with Crippen LogP contribution in [-0.4, -0.2) is 16.9 Å². The molecule has 0 heterocycles. The van der Waals surface area contributed by atoms with Gasteiger partial charge in [-0.2, -0.15) is 0 Å². The van der Waals surface area contributed by atoms with Gasteiger partial charge in [0.05, 0.1) is 4.92 Å². The third-order valence-electron chi connectivity index (χ3n) is 3.36. The van der Waals surface area contributed by atoms with Crippen LogP contribution in [0, 0.1) is 16.0 Å². The van der Waals surface area contributed by atoms with Crippen LogP contribution in [0.4, 0.5) is 5.69 Å². The molecule has 0 saturated carbocycles. The second-order valence-electron chi connectivity index (χ2n) is 5.45. The number of carbonyl (C=O) groups is 1. The zero-order valence-electron chi connectivity index (χ0n) is 12.5. The summed E-state index contributed by atoms with van der Waals surface area (Å²) in [6.07, 6.45) is 2.66. The number of nitro groups is 1. The number of nitrogens with zero attached hydrogens (tertiary/aromatic N) is 1. The highest BCUT2D eigenvalue weighted by molar-refractivity contribution is 5.78. The fourth-order valence-corrected chi connectivity index (χ4v) is 1.98. The van der Waals surface area contributed by atoms with E-state index in [1.54, 1.807) is 12.1 Å². The van der Waals surface area contributed by atoms with Gasteiger partial charge < -0.3 is 11.1 Å². The maximum Gasteiger partial charge on any atom is 0.269 e. The van der Waals surface area contributed by atoms with Gasteiger partial charge in [-0.3, -0.25) is 14.9 Å². The molecule has 2 unspecified atom stereocenters. The van der Waals surface area contributed by atoms with E-state index in [0.29, 0.717) is 6.54 Å². The zero-order chi connectivity index (χ0) is 15.8. The van der Waals surface area contributed by atoms with Crippen molar-refractivity contribution in [1.29, 1.82) is 0 Å². The van der Waals surface area contributed by atoms with E-state index in [9.17, 15) is 14.9 Å². The molecule has 1 aromatic carbocycles. The number of hydrogen-bond donors (Lipinski definition) is 2. The van der Waals surface area contributed by atoms with Crippen molar-refractivity contribution in [2.24, 2.45) is 11.7 Å². The van der Waals surface area contributed by atoms with Gasteiger partial charge in [-0.25, -0.2) is 0 Å². The van der Waals surface area contributed by atoms with Crippen molar-refractivity contribution in [1.82, 2.24) is 5.32 Å². The van der Waals surface area contributed by atoms with Gasteiger partial charge in [0, 0.05) is 30.6 Å². The normalized spacial score (nSPS) is 13.5. The van der Waals surface area contributed by atoms with Crippen LogP contribution in [0.1, 0.15) is 38.7 Å². The smallest absolute Gasteiger partial charge is 0.269 e. The Morgan fingerprint density at radius 2 is 1.90 bits per heavy atom. The van der Waals surface area contributed by atoms with Crippen LogP contribution >= 0.6 is 0 Å². The Bertz CT molecular complexity index is 472. The minimum absolute atomic E-state index is 0.00183. The summed E-state index contributed by atoms with van der Waals surface area (Å²) in [5, 5.41) is 13.4. The molecule has 0 aliphatic carbocycles. The van der Waals surface area contributed by atoms with Gasteiger partial charge in [-0.05, 0) is 25.3 Å². The van der Waals surface area contributed by atoms with Gasteiger partial charge in [-0.1, -0.05) is 25.5 Å². The molecule has 0 aromatic heterocycles. The number of amides is 1. The molecule has 1 amide bonds. The van der Waals surface area contributed by atoms with E-state index >= 15 is 0 Å². The second-order valence-corrected chi connectivity index (χ2v) is 5.45. The van der Waals surface area contributed by atoms with Crippen molar-refractivity contribution >= 4 is 11.6 Å². The fraction of sp³-hybridized carbons (Fsp3) is 0.533. The van der Waals surface area contributed by atoms with Gasteiger partial charge in [0.2, 0.25) is 5.91 Å². The highest BCUT2D eigenvalue weighted by atomic mass is 16.6. The summed E-state index contributed by atoms with van der Waals surface area (Å²) in [5.41, 5.74) is 6.57. The molecule has 1 rings (SSSR count). The quantitative estimate of drug-likeness (QED) is 0.568. The Balaban J connectivity index is 2.36. The molecule has 0 saturated heterocycles. The van der Waals surface area contributed by atoms with Gasteiger partial charge >= 0.3 is 0 Å². The van der Waals surface area contributed by atoms with E-state index in [0.717, 1.165) is 24.8 Å². The first-order chi connectivity index (χ1) is 9.90. The number of benzene rings is 1. The van der Waals surface area contributed by atoms with Gasteiger partial charge in [0.1, 0.15) is 0 Å². The summed E-state index contributed by atoms with van der Waals surface area (Å²) >= 11 is 0. The zero-order valence-corrected chi connectivity index (χ0v) is 12.5. The Hall–Kier alpha value is -1.95. The molecular weight excluding hydrogens is 270 g/mol. The first-order valence-electron chi connectivity index (χ1n) is 7.16. The van der Waals surface area contributed by atoms with Crippen LogP contribution < -0.4 is 11.1 Å². The van der Waals surface area contributed by atoms with Crippen molar-refractivity contribution in [3.05, 3.63) is 39.9 Å². The molecule has 6 nitrogen and oxygen atoms in total. The Labute approximate surface area is 124 Å². The lowest BCUT2D eigenvalue weighted by atomic mass is 10.0. The molecule has 0 aliphatic rings. The van der Waals surface area contributed by atoms with Crippen LogP contribution in [-0.2, 0) is 11.3 Å². The van der Waals surface area contributed by atoms with Crippen LogP contribution in [0.15, 0.2) is 24.3 Å². The predicted octanol–water partition coefficient (Wildman–Crippen LogP) is 2.36. The van der Waals surface area contributed by atoms with Crippen molar-refractivity contribution in [2.45, 2.75) is 45.7 Å². The third-order valence-corrected chi connectivity index (χ3v) is 3.36. The molecular formula is C15H23N3O3. The largest absolute Gasteiger partial charge is 0.352 e. The van der Waals surface area contributed by atoms with E-state index in [1.807, 2.05) is 13.8 Å².